The average Bonchev–Trinajstić information content (AvgIpc) is 3.47. The maximum atomic E-state index is 12.9. The topological polar surface area (TPSA) is 140 Å². The van der Waals surface area contributed by atoms with Crippen molar-refractivity contribution in [2.75, 3.05) is 12.3 Å². The van der Waals surface area contributed by atoms with Crippen molar-refractivity contribution in [1.82, 2.24) is 35.6 Å². The number of nitrogens with one attached hydrogen (secondary N) is 1. The Bertz CT molecular complexity index is 1110. The van der Waals surface area contributed by atoms with Gasteiger partial charge in [0.2, 0.25) is 11.6 Å². The third-order valence-electron chi connectivity index (χ3n) is 5.22. The van der Waals surface area contributed by atoms with Gasteiger partial charge in [-0.25, -0.2) is 10.1 Å². The molecular weight excluding hydrogens is 442 g/mol. The van der Waals surface area contributed by atoms with Crippen molar-refractivity contribution in [3.8, 4) is 5.82 Å². The number of piperidine rings is 1. The van der Waals surface area contributed by atoms with Crippen LogP contribution in [0.25, 0.3) is 5.82 Å². The molecule has 4 heterocycles. The number of carbonyl (C=O) groups is 1. The maximum absolute atomic E-state index is 12.9. The lowest BCUT2D eigenvalue weighted by Crippen LogP contribution is -2.38. The Morgan fingerprint density at radius 3 is 2.94 bits per heavy atom. The molecule has 1 amide bonds. The summed E-state index contributed by atoms with van der Waals surface area (Å²) in [5.74, 6) is -0.227. The summed E-state index contributed by atoms with van der Waals surface area (Å²) in [5, 5.41) is 19.8. The van der Waals surface area contributed by atoms with Crippen LogP contribution >= 0.6 is 22.9 Å². The lowest BCUT2D eigenvalue weighted by Gasteiger charge is -2.33. The zero-order valence-electron chi connectivity index (χ0n) is 17.1. The van der Waals surface area contributed by atoms with Crippen LogP contribution < -0.4 is 11.2 Å². The molecule has 1 fully saturated rings. The van der Waals surface area contributed by atoms with Crippen LogP contribution in [0.5, 0.6) is 0 Å². The molecule has 1 saturated heterocycles. The van der Waals surface area contributed by atoms with E-state index in [4.69, 9.17) is 22.0 Å². The van der Waals surface area contributed by atoms with Crippen molar-refractivity contribution in [3.63, 3.8) is 0 Å². The molecular formula is C18H22ClN9O2S. The third kappa shape index (κ3) is 4.60. The van der Waals surface area contributed by atoms with E-state index >= 15 is 0 Å². The fourth-order valence-electron chi connectivity index (χ4n) is 3.46. The van der Waals surface area contributed by atoms with Gasteiger partial charge in [-0.2, -0.15) is 9.78 Å². The second-order valence-electron chi connectivity index (χ2n) is 7.33. The van der Waals surface area contributed by atoms with Gasteiger partial charge in [-0.1, -0.05) is 23.2 Å². The van der Waals surface area contributed by atoms with Gasteiger partial charge in [0, 0.05) is 12.6 Å². The highest BCUT2D eigenvalue weighted by Gasteiger charge is 2.28. The van der Waals surface area contributed by atoms with E-state index in [1.54, 1.807) is 13.0 Å². The number of thiophene rings is 1. The van der Waals surface area contributed by atoms with Gasteiger partial charge in [-0.05, 0) is 55.7 Å². The first kappa shape index (κ1) is 21.4. The van der Waals surface area contributed by atoms with Gasteiger partial charge in [0.15, 0.2) is 5.69 Å². The number of halogens is 1. The van der Waals surface area contributed by atoms with Gasteiger partial charge in [-0.3, -0.25) is 9.69 Å². The van der Waals surface area contributed by atoms with Crippen molar-refractivity contribution in [3.05, 3.63) is 32.7 Å². The average molecular weight is 464 g/mol. The fourth-order valence-corrected chi connectivity index (χ4v) is 4.45. The summed E-state index contributed by atoms with van der Waals surface area (Å²) in [7, 11) is 0. The molecule has 3 aromatic rings. The van der Waals surface area contributed by atoms with Crippen LogP contribution in [0.3, 0.4) is 0 Å². The molecule has 0 unspecified atom stereocenters. The smallest absolute Gasteiger partial charge is 0.293 e. The zero-order chi connectivity index (χ0) is 22.0. The molecule has 164 valence electrons. The van der Waals surface area contributed by atoms with Crippen molar-refractivity contribution >= 4 is 40.4 Å². The van der Waals surface area contributed by atoms with Crippen molar-refractivity contribution < 1.29 is 9.42 Å². The summed E-state index contributed by atoms with van der Waals surface area (Å²) in [6.07, 6.45) is 3.36. The van der Waals surface area contributed by atoms with E-state index in [1.165, 1.54) is 22.4 Å². The molecule has 0 radical (unpaired) electrons. The standard InChI is InChI=1S/C18H22ClN9O2S/c1-10-5-3-4-8-27(10)9-12-15(22-26-28(12)17-16(20)24-30-25-17)18(29)23-21-11(2)13-6-7-14(19)31-13/h6-7,10H,3-5,8-9H2,1-2H3,(H2,20,24)(H,23,29)/b21-11+/t10-/m0/s1. The number of hydrazone groups is 1. The number of nitrogens with two attached hydrogens (primary N) is 1. The molecule has 0 spiro atoms. The first-order chi connectivity index (χ1) is 14.9. The Labute approximate surface area is 187 Å². The predicted molar refractivity (Wildman–Crippen MR) is 116 cm³/mol. The van der Waals surface area contributed by atoms with Crippen LogP contribution in [0, 0.1) is 0 Å². The van der Waals surface area contributed by atoms with E-state index in [0.717, 1.165) is 24.3 Å². The van der Waals surface area contributed by atoms with Gasteiger partial charge in [0.1, 0.15) is 0 Å². The Balaban J connectivity index is 1.62. The number of aromatic nitrogens is 5. The number of anilines is 1. The summed E-state index contributed by atoms with van der Waals surface area (Å²) in [6.45, 7) is 5.32. The second-order valence-corrected chi connectivity index (χ2v) is 9.04. The van der Waals surface area contributed by atoms with Crippen molar-refractivity contribution in [1.29, 1.82) is 0 Å². The Hall–Kier alpha value is -2.83. The van der Waals surface area contributed by atoms with E-state index in [2.05, 4.69) is 43.0 Å². The summed E-state index contributed by atoms with van der Waals surface area (Å²) < 4.78 is 6.76. The quantitative estimate of drug-likeness (QED) is 0.419. The SMILES string of the molecule is C/C(=N\NC(=O)c1nnn(-c2nonc2N)c1CN1CCCC[C@@H]1C)c1ccc(Cl)s1. The lowest BCUT2D eigenvalue weighted by atomic mass is 10.0. The van der Waals surface area contributed by atoms with Gasteiger partial charge in [0.05, 0.1) is 20.6 Å². The number of likely N-dealkylation sites (tertiary alicyclic amines) is 1. The minimum Gasteiger partial charge on any atom is -0.378 e. The largest absolute Gasteiger partial charge is 0.378 e. The molecule has 3 N–H and O–H groups in total. The van der Waals surface area contributed by atoms with Crippen LogP contribution in [0.2, 0.25) is 4.34 Å². The van der Waals surface area contributed by atoms with Crippen LogP contribution in [-0.2, 0) is 6.54 Å². The molecule has 31 heavy (non-hydrogen) atoms. The molecule has 11 nitrogen and oxygen atoms in total. The van der Waals surface area contributed by atoms with E-state index in [9.17, 15) is 4.79 Å². The summed E-state index contributed by atoms with van der Waals surface area (Å²) >= 11 is 7.35. The van der Waals surface area contributed by atoms with Crippen LogP contribution in [0.4, 0.5) is 5.82 Å². The highest BCUT2D eigenvalue weighted by atomic mass is 35.5. The molecule has 0 saturated carbocycles. The van der Waals surface area contributed by atoms with E-state index in [1.807, 2.05) is 6.07 Å². The monoisotopic (exact) mass is 463 g/mol. The van der Waals surface area contributed by atoms with Gasteiger partial charge < -0.3 is 5.73 Å². The van der Waals surface area contributed by atoms with E-state index in [0.29, 0.717) is 28.3 Å². The van der Waals surface area contributed by atoms with E-state index in [-0.39, 0.29) is 17.3 Å². The Morgan fingerprint density at radius 1 is 1.42 bits per heavy atom. The molecule has 13 heteroatoms. The van der Waals surface area contributed by atoms with E-state index < -0.39 is 5.91 Å². The van der Waals surface area contributed by atoms with Crippen molar-refractivity contribution in [2.45, 2.75) is 45.7 Å². The zero-order valence-corrected chi connectivity index (χ0v) is 18.7. The summed E-state index contributed by atoms with van der Waals surface area (Å²) in [4.78, 5) is 16.1. The first-order valence-electron chi connectivity index (χ1n) is 9.81. The number of rotatable bonds is 6. The molecule has 1 atom stereocenters. The number of nitrogen functional groups attached to an aromatic ring is 1. The normalized spacial score (nSPS) is 17.8. The van der Waals surface area contributed by atoms with Crippen molar-refractivity contribution in [2.24, 2.45) is 5.10 Å². The number of hydrogen-bond donors (Lipinski definition) is 2. The molecule has 1 aliphatic heterocycles. The minimum absolute atomic E-state index is 0.0632. The summed E-state index contributed by atoms with van der Waals surface area (Å²) in [5.41, 5.74) is 9.72. The van der Waals surface area contributed by atoms with Crippen LogP contribution in [0.15, 0.2) is 21.9 Å². The minimum atomic E-state index is -0.483. The molecule has 3 aromatic heterocycles. The summed E-state index contributed by atoms with van der Waals surface area (Å²) in [6, 6.07) is 3.99. The van der Waals surface area contributed by atoms with Crippen LogP contribution in [-0.4, -0.2) is 54.4 Å². The number of nitrogens with zero attached hydrogens (tertiary/aromatic N) is 7. The first-order valence-corrected chi connectivity index (χ1v) is 11.0. The number of carbonyl (C=O) groups excluding carboxylic acids is 1. The Kier molecular flexibility index (Phi) is 6.30. The molecule has 1 aliphatic rings. The third-order valence-corrected chi connectivity index (χ3v) is 6.56. The maximum Gasteiger partial charge on any atom is 0.293 e. The molecule has 4 rings (SSSR count). The highest BCUT2D eigenvalue weighted by Crippen LogP contribution is 2.23. The molecule has 0 aromatic carbocycles. The van der Waals surface area contributed by atoms with Gasteiger partial charge >= 0.3 is 0 Å². The van der Waals surface area contributed by atoms with Crippen LogP contribution in [0.1, 0.15) is 54.2 Å². The Morgan fingerprint density at radius 2 is 2.26 bits per heavy atom. The predicted octanol–water partition coefficient (Wildman–Crippen LogP) is 2.48. The molecule has 0 bridgehead atoms. The second kappa shape index (κ2) is 9.12. The van der Waals surface area contributed by atoms with Gasteiger partial charge in [0.25, 0.3) is 5.91 Å². The highest BCUT2D eigenvalue weighted by molar-refractivity contribution is 7.18. The van der Waals surface area contributed by atoms with Gasteiger partial charge in [-0.15, -0.1) is 16.4 Å². The molecule has 0 aliphatic carbocycles. The number of amides is 1. The number of hydrogen-bond acceptors (Lipinski definition) is 10. The fraction of sp³-hybridized carbons (Fsp3) is 0.444. The lowest BCUT2D eigenvalue weighted by molar-refractivity contribution is 0.0944.